The highest BCUT2D eigenvalue weighted by Crippen LogP contribution is 2.39. The van der Waals surface area contributed by atoms with E-state index in [1.807, 2.05) is 12.1 Å². The lowest BCUT2D eigenvalue weighted by atomic mass is 9.98. The molecular weight excluding hydrogens is 434 g/mol. The van der Waals surface area contributed by atoms with Crippen molar-refractivity contribution < 1.29 is 9.53 Å². The maximum atomic E-state index is 12.8. The number of nitrogens with one attached hydrogen (secondary N) is 4. The van der Waals surface area contributed by atoms with E-state index < -0.39 is 0 Å². The van der Waals surface area contributed by atoms with Crippen LogP contribution < -0.4 is 24.8 Å². The molecule has 0 aliphatic carbocycles. The quantitative estimate of drug-likeness (QED) is 0.436. The molecule has 0 saturated heterocycles. The van der Waals surface area contributed by atoms with Gasteiger partial charge in [-0.3, -0.25) is 9.52 Å². The summed E-state index contributed by atoms with van der Waals surface area (Å²) in [4.78, 5) is 12.8. The average molecular weight is 466 g/mol. The number of ether oxygens (including phenoxy) is 1. The number of aromatic nitrogens is 1. The van der Waals surface area contributed by atoms with Crippen molar-refractivity contribution in [1.29, 1.82) is 0 Å². The summed E-state index contributed by atoms with van der Waals surface area (Å²) in [6.45, 7) is 6.91. The Bertz CT molecular complexity index is 1150. The molecule has 2 aliphatic heterocycles. The van der Waals surface area contributed by atoms with Crippen LogP contribution in [-0.2, 0) is 13.0 Å². The van der Waals surface area contributed by atoms with Crippen LogP contribution in [0.15, 0.2) is 42.5 Å². The Morgan fingerprint density at radius 2 is 2.03 bits per heavy atom. The lowest BCUT2D eigenvalue weighted by Crippen LogP contribution is -2.43. The number of rotatable bonds is 2. The molecule has 0 fully saturated rings. The van der Waals surface area contributed by atoms with E-state index in [2.05, 4.69) is 61.9 Å². The van der Waals surface area contributed by atoms with Gasteiger partial charge in [-0.15, -0.1) is 0 Å². The summed E-state index contributed by atoms with van der Waals surface area (Å²) in [5, 5.41) is 8.23. The van der Waals surface area contributed by atoms with Crippen molar-refractivity contribution in [3.05, 3.63) is 53.6 Å². The van der Waals surface area contributed by atoms with Crippen LogP contribution in [0.4, 0.5) is 0 Å². The lowest BCUT2D eigenvalue weighted by Gasteiger charge is -2.27. The molecule has 5 rings (SSSR count). The first-order chi connectivity index (χ1) is 16.2. The summed E-state index contributed by atoms with van der Waals surface area (Å²) in [6, 6.07) is 14.8. The van der Waals surface area contributed by atoms with Gasteiger partial charge in [0.25, 0.3) is 5.91 Å². The fourth-order valence-corrected chi connectivity index (χ4v) is 5.16. The first kappa shape index (κ1) is 22.3. The molecule has 1 amide bonds. The Morgan fingerprint density at radius 1 is 1.12 bits per heavy atom. The molecule has 174 valence electrons. The van der Waals surface area contributed by atoms with Crippen molar-refractivity contribution in [2.45, 2.75) is 32.4 Å². The van der Waals surface area contributed by atoms with Crippen molar-refractivity contribution >= 4 is 28.9 Å². The lowest BCUT2D eigenvalue weighted by molar-refractivity contribution is 0.0984. The number of hydrogen-bond acceptors (Lipinski definition) is 6. The van der Waals surface area contributed by atoms with Gasteiger partial charge in [0.2, 0.25) is 0 Å². The monoisotopic (exact) mass is 465 g/mol. The highest BCUT2D eigenvalue weighted by Gasteiger charge is 2.24. The van der Waals surface area contributed by atoms with Crippen LogP contribution in [0.3, 0.4) is 0 Å². The minimum absolute atomic E-state index is 0.0964. The topological polar surface area (TPSA) is 79.3 Å². The average Bonchev–Trinajstić information content (AvgIpc) is 3.15. The summed E-state index contributed by atoms with van der Waals surface area (Å²) >= 11 is 1.24. The zero-order valence-electron chi connectivity index (χ0n) is 18.9. The van der Waals surface area contributed by atoms with Gasteiger partial charge < -0.3 is 19.9 Å². The van der Waals surface area contributed by atoms with Crippen LogP contribution in [0.2, 0.25) is 0 Å². The first-order valence-corrected chi connectivity index (χ1v) is 12.6. The fourth-order valence-electron chi connectivity index (χ4n) is 4.67. The summed E-state index contributed by atoms with van der Waals surface area (Å²) in [6.07, 6.45) is 2.07. The Kier molecular flexibility index (Phi) is 6.87. The zero-order valence-corrected chi connectivity index (χ0v) is 19.8. The smallest absolute Gasteiger partial charge is 0.262 e. The molecule has 1 atom stereocenters. The van der Waals surface area contributed by atoms with Crippen LogP contribution in [0, 0.1) is 0 Å². The third kappa shape index (κ3) is 4.75. The molecule has 0 saturated carbocycles. The predicted molar refractivity (Wildman–Crippen MR) is 135 cm³/mol. The third-order valence-electron chi connectivity index (χ3n) is 6.25. The summed E-state index contributed by atoms with van der Waals surface area (Å²) in [7, 11) is 0. The van der Waals surface area contributed by atoms with E-state index in [1.54, 1.807) is 0 Å². The van der Waals surface area contributed by atoms with Crippen LogP contribution in [0.5, 0.6) is 5.75 Å². The van der Waals surface area contributed by atoms with Crippen LogP contribution >= 0.6 is 12.1 Å². The second-order valence-electron chi connectivity index (χ2n) is 8.59. The molecule has 4 bridgehead atoms. The van der Waals surface area contributed by atoms with E-state index in [0.29, 0.717) is 12.2 Å². The number of fused-ring (bicyclic) bond motifs is 4. The Hall–Kier alpha value is -2.52. The predicted octanol–water partition coefficient (Wildman–Crippen LogP) is 3.10. The molecule has 0 spiro atoms. The van der Waals surface area contributed by atoms with Gasteiger partial charge in [0.15, 0.2) is 0 Å². The Balaban J connectivity index is 1.65. The minimum Gasteiger partial charge on any atom is -0.491 e. The van der Waals surface area contributed by atoms with Crippen molar-refractivity contribution in [2.75, 3.05) is 32.8 Å². The molecule has 2 aliphatic rings. The molecule has 3 aromatic rings. The molecule has 33 heavy (non-hydrogen) atoms. The molecular formula is C25H31N5O2S. The minimum atomic E-state index is -0.0964. The molecule has 3 heterocycles. The molecule has 8 heteroatoms. The Morgan fingerprint density at radius 3 is 2.94 bits per heavy atom. The number of hydrogen-bond donors (Lipinski definition) is 4. The number of carbonyl (C=O) groups excluding carboxylic acids is 1. The summed E-state index contributed by atoms with van der Waals surface area (Å²) in [5.41, 5.74) is 5.37. The molecule has 0 radical (unpaired) electrons. The van der Waals surface area contributed by atoms with E-state index in [-0.39, 0.29) is 11.9 Å². The number of amides is 1. The van der Waals surface area contributed by atoms with Gasteiger partial charge in [-0.2, -0.15) is 0 Å². The SMILES string of the molecule is CCCc1cccc2c1-c1cc3ccc4cc3n1CC(CO2)NCCNCCNSNC4=O. The van der Waals surface area contributed by atoms with Crippen molar-refractivity contribution in [3.63, 3.8) is 0 Å². The van der Waals surface area contributed by atoms with Crippen LogP contribution in [-0.4, -0.2) is 49.3 Å². The highest BCUT2D eigenvalue weighted by molar-refractivity contribution is 7.96. The van der Waals surface area contributed by atoms with E-state index in [9.17, 15) is 4.79 Å². The zero-order chi connectivity index (χ0) is 22.6. The standard InChI is InChI=1S/C25H31N5O2S/c1-2-4-17-5-3-6-23-24(17)22-13-18-7-8-19-14-21(18)30(22)15-20(16-32-23)27-11-9-26-10-12-28-33-29-25(19)31/h3,5-8,13-14,20,26-28H,2,4,9-12,15-16H2,1H3,(H,29,31). The largest absolute Gasteiger partial charge is 0.491 e. The molecule has 7 nitrogen and oxygen atoms in total. The van der Waals surface area contributed by atoms with Crippen LogP contribution in [0.25, 0.3) is 22.2 Å². The molecule has 4 N–H and O–H groups in total. The number of aryl methyl sites for hydroxylation is 1. The first-order valence-electron chi connectivity index (χ1n) is 11.8. The second kappa shape index (κ2) is 10.2. The van der Waals surface area contributed by atoms with Gasteiger partial charge in [0.1, 0.15) is 12.4 Å². The van der Waals surface area contributed by atoms with E-state index >= 15 is 0 Å². The van der Waals surface area contributed by atoms with E-state index in [1.165, 1.54) is 23.3 Å². The maximum Gasteiger partial charge on any atom is 0.262 e. The number of carbonyl (C=O) groups is 1. The number of nitrogens with zero attached hydrogens (tertiary/aromatic N) is 1. The Labute approximate surface area is 198 Å². The second-order valence-corrected chi connectivity index (χ2v) is 9.29. The van der Waals surface area contributed by atoms with E-state index in [0.717, 1.165) is 67.9 Å². The normalized spacial score (nSPS) is 19.5. The molecule has 2 aromatic carbocycles. The van der Waals surface area contributed by atoms with Gasteiger partial charge in [0, 0.05) is 66.9 Å². The maximum absolute atomic E-state index is 12.8. The van der Waals surface area contributed by atoms with Gasteiger partial charge in [-0.05, 0) is 36.2 Å². The fraction of sp³-hybridized carbons (Fsp3) is 0.400. The number of benzene rings is 2. The van der Waals surface area contributed by atoms with Gasteiger partial charge >= 0.3 is 0 Å². The molecule has 1 aromatic heterocycles. The van der Waals surface area contributed by atoms with Gasteiger partial charge in [0.05, 0.1) is 11.7 Å². The van der Waals surface area contributed by atoms with Gasteiger partial charge in [-0.25, -0.2) is 4.72 Å². The van der Waals surface area contributed by atoms with Gasteiger partial charge in [-0.1, -0.05) is 31.5 Å². The van der Waals surface area contributed by atoms with Crippen molar-refractivity contribution in [1.82, 2.24) is 24.6 Å². The molecule has 1 unspecified atom stereocenters. The van der Waals surface area contributed by atoms with Crippen molar-refractivity contribution in [2.24, 2.45) is 0 Å². The summed E-state index contributed by atoms with van der Waals surface area (Å²) in [5.74, 6) is 0.838. The third-order valence-corrected chi connectivity index (χ3v) is 6.89. The highest BCUT2D eigenvalue weighted by atomic mass is 32.2. The van der Waals surface area contributed by atoms with Crippen molar-refractivity contribution in [3.8, 4) is 17.0 Å². The summed E-state index contributed by atoms with van der Waals surface area (Å²) < 4.78 is 14.8. The van der Waals surface area contributed by atoms with Crippen LogP contribution in [0.1, 0.15) is 29.3 Å². The van der Waals surface area contributed by atoms with E-state index in [4.69, 9.17) is 4.74 Å².